The number of rotatable bonds is 3. The van der Waals surface area contributed by atoms with Gasteiger partial charge in [-0.05, 0) is 37.8 Å². The standard InChI is InChI=1S/C16H21N3O5/c1-9-4-12(15(20)21)8-18(7-9)16(22)17-13-5-11(3)14(19(23)24)6-10(13)2/h5-6,9,12H,4,7-8H2,1-3H3,(H,17,22)(H,20,21). The van der Waals surface area contributed by atoms with Gasteiger partial charge in [-0.2, -0.15) is 0 Å². The van der Waals surface area contributed by atoms with Crippen molar-refractivity contribution in [1.29, 1.82) is 0 Å². The number of nitro groups is 1. The smallest absolute Gasteiger partial charge is 0.321 e. The van der Waals surface area contributed by atoms with E-state index in [4.69, 9.17) is 0 Å². The third-order valence-electron chi connectivity index (χ3n) is 4.28. The van der Waals surface area contributed by atoms with E-state index in [0.717, 1.165) is 0 Å². The average molecular weight is 335 g/mol. The Morgan fingerprint density at radius 1 is 1.29 bits per heavy atom. The van der Waals surface area contributed by atoms with E-state index in [0.29, 0.717) is 29.8 Å². The van der Waals surface area contributed by atoms with E-state index in [1.165, 1.54) is 11.0 Å². The Labute approximate surface area is 139 Å². The number of carboxylic acids is 1. The van der Waals surface area contributed by atoms with Gasteiger partial charge in [0.1, 0.15) is 0 Å². The third-order valence-corrected chi connectivity index (χ3v) is 4.28. The first-order valence-corrected chi connectivity index (χ1v) is 7.73. The van der Waals surface area contributed by atoms with Gasteiger partial charge >= 0.3 is 12.0 Å². The zero-order valence-electron chi connectivity index (χ0n) is 13.9. The number of benzene rings is 1. The molecule has 8 nitrogen and oxygen atoms in total. The van der Waals surface area contributed by atoms with Gasteiger partial charge in [0.2, 0.25) is 0 Å². The fraction of sp³-hybridized carbons (Fsp3) is 0.500. The molecule has 2 rings (SSSR count). The van der Waals surface area contributed by atoms with Crippen molar-refractivity contribution in [3.05, 3.63) is 33.4 Å². The quantitative estimate of drug-likeness (QED) is 0.651. The summed E-state index contributed by atoms with van der Waals surface area (Å²) < 4.78 is 0. The molecule has 0 bridgehead atoms. The van der Waals surface area contributed by atoms with Crippen LogP contribution in [0.2, 0.25) is 0 Å². The minimum atomic E-state index is -0.901. The van der Waals surface area contributed by atoms with Crippen molar-refractivity contribution in [2.75, 3.05) is 18.4 Å². The maximum atomic E-state index is 12.5. The second-order valence-corrected chi connectivity index (χ2v) is 6.42. The molecule has 130 valence electrons. The fourth-order valence-corrected chi connectivity index (χ4v) is 3.02. The number of urea groups is 1. The lowest BCUT2D eigenvalue weighted by Crippen LogP contribution is -2.47. The molecule has 1 aromatic rings. The molecule has 0 aliphatic carbocycles. The van der Waals surface area contributed by atoms with Crippen LogP contribution in [0.1, 0.15) is 24.5 Å². The van der Waals surface area contributed by atoms with E-state index >= 15 is 0 Å². The van der Waals surface area contributed by atoms with Crippen LogP contribution in [0, 0.1) is 35.8 Å². The number of likely N-dealkylation sites (tertiary alicyclic amines) is 1. The van der Waals surface area contributed by atoms with E-state index in [1.807, 2.05) is 6.92 Å². The van der Waals surface area contributed by atoms with Crippen LogP contribution >= 0.6 is 0 Å². The number of aliphatic carboxylic acids is 1. The average Bonchev–Trinajstić information content (AvgIpc) is 2.49. The van der Waals surface area contributed by atoms with Gasteiger partial charge in [0.25, 0.3) is 5.69 Å². The van der Waals surface area contributed by atoms with Gasteiger partial charge in [-0.1, -0.05) is 6.92 Å². The van der Waals surface area contributed by atoms with Crippen LogP contribution in [-0.4, -0.2) is 40.0 Å². The SMILES string of the molecule is Cc1cc([N+](=O)[O-])c(C)cc1NC(=O)N1CC(C)CC(C(=O)O)C1. The highest BCUT2D eigenvalue weighted by atomic mass is 16.6. The number of amides is 2. The van der Waals surface area contributed by atoms with Gasteiger partial charge in [-0.15, -0.1) is 0 Å². The maximum Gasteiger partial charge on any atom is 0.321 e. The van der Waals surface area contributed by atoms with Crippen molar-refractivity contribution >= 4 is 23.4 Å². The molecular formula is C16H21N3O5. The van der Waals surface area contributed by atoms with Crippen LogP contribution in [0.5, 0.6) is 0 Å². The minimum Gasteiger partial charge on any atom is -0.481 e. The maximum absolute atomic E-state index is 12.5. The Morgan fingerprint density at radius 3 is 2.54 bits per heavy atom. The molecule has 24 heavy (non-hydrogen) atoms. The van der Waals surface area contributed by atoms with Gasteiger partial charge < -0.3 is 15.3 Å². The number of nitrogens with zero attached hydrogens (tertiary/aromatic N) is 2. The van der Waals surface area contributed by atoms with Gasteiger partial charge in [-0.25, -0.2) is 4.79 Å². The lowest BCUT2D eigenvalue weighted by atomic mass is 9.91. The monoisotopic (exact) mass is 335 g/mol. The fourth-order valence-electron chi connectivity index (χ4n) is 3.02. The highest BCUT2D eigenvalue weighted by Crippen LogP contribution is 2.27. The van der Waals surface area contributed by atoms with Crippen molar-refractivity contribution in [3.63, 3.8) is 0 Å². The molecule has 1 aliphatic rings. The van der Waals surface area contributed by atoms with Gasteiger partial charge in [0, 0.05) is 30.4 Å². The summed E-state index contributed by atoms with van der Waals surface area (Å²) in [7, 11) is 0. The number of nitrogens with one attached hydrogen (secondary N) is 1. The van der Waals surface area contributed by atoms with Gasteiger partial charge in [0.15, 0.2) is 0 Å². The first-order chi connectivity index (χ1) is 11.2. The van der Waals surface area contributed by atoms with Crippen molar-refractivity contribution in [2.45, 2.75) is 27.2 Å². The summed E-state index contributed by atoms with van der Waals surface area (Å²) in [5.41, 5.74) is 1.54. The second kappa shape index (κ2) is 6.86. The Bertz CT molecular complexity index is 689. The molecule has 0 aromatic heterocycles. The normalized spacial score (nSPS) is 20.5. The molecule has 2 amide bonds. The van der Waals surface area contributed by atoms with Crippen LogP contribution < -0.4 is 5.32 Å². The number of carboxylic acid groups (broad SMARTS) is 1. The molecule has 0 saturated carbocycles. The van der Waals surface area contributed by atoms with E-state index in [-0.39, 0.29) is 24.2 Å². The van der Waals surface area contributed by atoms with E-state index in [9.17, 15) is 24.8 Å². The number of carbonyl (C=O) groups is 2. The second-order valence-electron chi connectivity index (χ2n) is 6.42. The first kappa shape index (κ1) is 17.7. The van der Waals surface area contributed by atoms with Crippen molar-refractivity contribution in [1.82, 2.24) is 4.90 Å². The summed E-state index contributed by atoms with van der Waals surface area (Å²) in [6.45, 7) is 5.85. The number of hydrogen-bond donors (Lipinski definition) is 2. The van der Waals surface area contributed by atoms with Gasteiger partial charge in [-0.3, -0.25) is 14.9 Å². The lowest BCUT2D eigenvalue weighted by molar-refractivity contribution is -0.385. The molecule has 2 N–H and O–H groups in total. The summed E-state index contributed by atoms with van der Waals surface area (Å²) >= 11 is 0. The van der Waals surface area contributed by atoms with Crippen molar-refractivity contribution in [2.24, 2.45) is 11.8 Å². The van der Waals surface area contributed by atoms with Gasteiger partial charge in [0.05, 0.1) is 10.8 Å². The predicted octanol–water partition coefficient (Wildman–Crippen LogP) is 2.79. The Morgan fingerprint density at radius 2 is 1.96 bits per heavy atom. The van der Waals surface area contributed by atoms with Crippen LogP contribution in [0.3, 0.4) is 0 Å². The lowest BCUT2D eigenvalue weighted by Gasteiger charge is -2.34. The number of hydrogen-bond acceptors (Lipinski definition) is 4. The summed E-state index contributed by atoms with van der Waals surface area (Å²) in [5, 5.41) is 22.9. The molecule has 1 heterocycles. The molecule has 0 radical (unpaired) electrons. The molecule has 2 atom stereocenters. The topological polar surface area (TPSA) is 113 Å². The summed E-state index contributed by atoms with van der Waals surface area (Å²) in [6.07, 6.45) is 0.550. The Balaban J connectivity index is 2.16. The largest absolute Gasteiger partial charge is 0.481 e. The molecule has 0 spiro atoms. The summed E-state index contributed by atoms with van der Waals surface area (Å²) in [6, 6.07) is 2.60. The molecule has 1 aliphatic heterocycles. The molecule has 1 saturated heterocycles. The number of piperidine rings is 1. The number of aryl methyl sites for hydroxylation is 2. The number of carbonyl (C=O) groups excluding carboxylic acids is 1. The first-order valence-electron chi connectivity index (χ1n) is 7.73. The molecule has 1 aromatic carbocycles. The predicted molar refractivity (Wildman–Crippen MR) is 88.1 cm³/mol. The zero-order chi connectivity index (χ0) is 18.0. The zero-order valence-corrected chi connectivity index (χ0v) is 13.9. The van der Waals surface area contributed by atoms with Crippen LogP contribution in [-0.2, 0) is 4.79 Å². The third kappa shape index (κ3) is 3.81. The van der Waals surface area contributed by atoms with Crippen LogP contribution in [0.4, 0.5) is 16.2 Å². The van der Waals surface area contributed by atoms with Crippen LogP contribution in [0.15, 0.2) is 12.1 Å². The van der Waals surface area contributed by atoms with Crippen molar-refractivity contribution < 1.29 is 19.6 Å². The Hall–Kier alpha value is -2.64. The van der Waals surface area contributed by atoms with Crippen molar-refractivity contribution in [3.8, 4) is 0 Å². The number of anilines is 1. The van der Waals surface area contributed by atoms with E-state index < -0.39 is 16.8 Å². The molecule has 2 unspecified atom stereocenters. The van der Waals surface area contributed by atoms with E-state index in [1.54, 1.807) is 19.9 Å². The highest BCUT2D eigenvalue weighted by molar-refractivity contribution is 5.91. The molecule has 8 heteroatoms. The van der Waals surface area contributed by atoms with Crippen LogP contribution in [0.25, 0.3) is 0 Å². The number of nitro benzene ring substituents is 1. The molecule has 1 fully saturated rings. The Kier molecular flexibility index (Phi) is 5.06. The summed E-state index contributed by atoms with van der Waals surface area (Å²) in [5.74, 6) is -1.37. The van der Waals surface area contributed by atoms with E-state index in [2.05, 4.69) is 5.32 Å². The molecular weight excluding hydrogens is 314 g/mol. The highest BCUT2D eigenvalue weighted by Gasteiger charge is 2.32. The minimum absolute atomic E-state index is 0.00281. The summed E-state index contributed by atoms with van der Waals surface area (Å²) in [4.78, 5) is 35.6.